The van der Waals surface area contributed by atoms with Gasteiger partial charge in [0.25, 0.3) is 0 Å². The van der Waals surface area contributed by atoms with Crippen LogP contribution in [0.3, 0.4) is 0 Å². The molecule has 0 aromatic carbocycles. The fourth-order valence-electron chi connectivity index (χ4n) is 0. The van der Waals surface area contributed by atoms with E-state index in [1.807, 2.05) is 11.8 Å². The zero-order valence-corrected chi connectivity index (χ0v) is 6.88. The minimum absolute atomic E-state index is 0.417. The summed E-state index contributed by atoms with van der Waals surface area (Å²) >= 11 is 1.86. The molecule has 0 aromatic rings. The molecular weight excluding hydrogens is 122 g/mol. The fourth-order valence-corrected chi connectivity index (χ4v) is 0. The van der Waals surface area contributed by atoms with Crippen molar-refractivity contribution < 1.29 is 10.3 Å². The molecule has 52 valence electrons. The molecular formula is C5H16NOS+. The van der Waals surface area contributed by atoms with Gasteiger partial charge in [0.1, 0.15) is 0 Å². The number of hydrogen-bond donors (Lipinski definition) is 2. The third-order valence-corrected chi connectivity index (χ3v) is 0.866. The summed E-state index contributed by atoms with van der Waals surface area (Å²) in [6, 6.07) is 0. The summed E-state index contributed by atoms with van der Waals surface area (Å²) in [5.41, 5.74) is 0. The second-order valence-corrected chi connectivity index (χ2v) is 2.68. The Morgan fingerprint density at radius 2 is 1.62 bits per heavy atom. The van der Waals surface area contributed by atoms with Gasteiger partial charge in [-0.25, -0.2) is 5.21 Å². The molecule has 0 aliphatic carbocycles. The Kier molecular flexibility index (Phi) is 14.3. The first-order valence-corrected chi connectivity index (χ1v) is 4.02. The minimum atomic E-state index is 0.417. The van der Waals surface area contributed by atoms with E-state index in [0.29, 0.717) is 5.06 Å². The van der Waals surface area contributed by atoms with Gasteiger partial charge in [-0.3, -0.25) is 0 Å². The van der Waals surface area contributed by atoms with E-state index in [1.54, 1.807) is 14.1 Å². The smallest absolute Gasteiger partial charge is 0.0963 e. The van der Waals surface area contributed by atoms with Gasteiger partial charge in [0.05, 0.1) is 14.1 Å². The van der Waals surface area contributed by atoms with Gasteiger partial charge in [0.15, 0.2) is 0 Å². The van der Waals surface area contributed by atoms with Crippen LogP contribution in [0.2, 0.25) is 0 Å². The first-order chi connectivity index (χ1) is 3.65. The standard InChI is InChI=1S/C3H8S.C2H7NO/c1-3-4-2;1-3(2)4/h3H2,1-2H3;4H,1-2H3/p+1. The first kappa shape index (κ1) is 11.1. The van der Waals surface area contributed by atoms with Crippen molar-refractivity contribution in [1.29, 1.82) is 0 Å². The van der Waals surface area contributed by atoms with Gasteiger partial charge in [-0.15, -0.1) is 0 Å². The number of rotatable bonds is 1. The summed E-state index contributed by atoms with van der Waals surface area (Å²) in [4.78, 5) is 0. The third kappa shape index (κ3) is 108. The molecule has 0 aliphatic heterocycles. The van der Waals surface area contributed by atoms with Crippen molar-refractivity contribution in [2.45, 2.75) is 6.92 Å². The maximum Gasteiger partial charge on any atom is 0.0963 e. The molecule has 0 aliphatic rings. The Morgan fingerprint density at radius 3 is 1.62 bits per heavy atom. The molecule has 0 unspecified atom stereocenters. The number of hydroxylamine groups is 2. The predicted molar refractivity (Wildman–Crippen MR) is 38.7 cm³/mol. The lowest BCUT2D eigenvalue weighted by Crippen LogP contribution is -3.02. The highest BCUT2D eigenvalue weighted by Crippen LogP contribution is 1.83. The van der Waals surface area contributed by atoms with Gasteiger partial charge in [0, 0.05) is 0 Å². The highest BCUT2D eigenvalue weighted by molar-refractivity contribution is 7.98. The summed E-state index contributed by atoms with van der Waals surface area (Å²) in [6.07, 6.45) is 2.10. The topological polar surface area (TPSA) is 24.7 Å². The van der Waals surface area contributed by atoms with E-state index in [0.717, 1.165) is 0 Å². The van der Waals surface area contributed by atoms with Crippen LogP contribution in [0.4, 0.5) is 0 Å². The SMILES string of the molecule is CCSC.C[NH+](C)O. The summed E-state index contributed by atoms with van der Waals surface area (Å²) in [6.45, 7) is 2.14. The van der Waals surface area contributed by atoms with Gasteiger partial charge in [-0.1, -0.05) is 6.92 Å². The molecule has 0 atom stereocenters. The Morgan fingerprint density at radius 1 is 1.50 bits per heavy atom. The summed E-state index contributed by atoms with van der Waals surface area (Å²) < 4.78 is 0. The molecule has 0 rings (SSSR count). The van der Waals surface area contributed by atoms with Crippen LogP contribution in [0, 0.1) is 0 Å². The molecule has 0 saturated carbocycles. The molecule has 0 amide bonds. The molecule has 2 nitrogen and oxygen atoms in total. The normalized spacial score (nSPS) is 8.25. The molecule has 0 bridgehead atoms. The van der Waals surface area contributed by atoms with Crippen molar-refractivity contribution in [1.82, 2.24) is 0 Å². The van der Waals surface area contributed by atoms with Crippen LogP contribution in [0.15, 0.2) is 0 Å². The Balaban J connectivity index is 0. The molecule has 0 radical (unpaired) electrons. The zero-order chi connectivity index (χ0) is 6.99. The van der Waals surface area contributed by atoms with Gasteiger partial charge < -0.3 is 0 Å². The first-order valence-electron chi connectivity index (χ1n) is 2.63. The van der Waals surface area contributed by atoms with Gasteiger partial charge in [-0.05, 0) is 12.0 Å². The number of quaternary nitrogens is 1. The largest absolute Gasteiger partial charge is 0.219 e. The molecule has 0 saturated heterocycles. The second-order valence-electron chi connectivity index (χ2n) is 1.52. The Bertz CT molecular complexity index is 28.9. The van der Waals surface area contributed by atoms with Crippen LogP contribution >= 0.6 is 11.8 Å². The van der Waals surface area contributed by atoms with E-state index in [-0.39, 0.29) is 0 Å². The van der Waals surface area contributed by atoms with Crippen molar-refractivity contribution in [2.24, 2.45) is 0 Å². The van der Waals surface area contributed by atoms with Crippen molar-refractivity contribution in [2.75, 3.05) is 26.1 Å². The van der Waals surface area contributed by atoms with Gasteiger partial charge in [0.2, 0.25) is 0 Å². The minimum Gasteiger partial charge on any atom is -0.219 e. The van der Waals surface area contributed by atoms with Gasteiger partial charge in [-0.2, -0.15) is 16.8 Å². The molecule has 8 heavy (non-hydrogen) atoms. The summed E-state index contributed by atoms with van der Waals surface area (Å²) in [5, 5.41) is 8.39. The quantitative estimate of drug-likeness (QED) is 0.494. The van der Waals surface area contributed by atoms with E-state index in [4.69, 9.17) is 5.21 Å². The van der Waals surface area contributed by atoms with Crippen LogP contribution < -0.4 is 5.06 Å². The predicted octanol–water partition coefficient (Wildman–Crippen LogP) is -0.111. The molecule has 0 aromatic heterocycles. The molecule has 3 heteroatoms. The molecule has 0 fully saturated rings. The zero-order valence-electron chi connectivity index (χ0n) is 6.06. The summed E-state index contributed by atoms with van der Waals surface area (Å²) in [5.74, 6) is 1.24. The molecule has 0 heterocycles. The Hall–Kier alpha value is 0.270. The molecule has 2 N–H and O–H groups in total. The van der Waals surface area contributed by atoms with Crippen LogP contribution in [-0.4, -0.2) is 31.3 Å². The van der Waals surface area contributed by atoms with E-state index >= 15 is 0 Å². The van der Waals surface area contributed by atoms with E-state index < -0.39 is 0 Å². The summed E-state index contributed by atoms with van der Waals surface area (Å²) in [7, 11) is 3.28. The van der Waals surface area contributed by atoms with Crippen LogP contribution in [-0.2, 0) is 0 Å². The van der Waals surface area contributed by atoms with E-state index in [2.05, 4.69) is 13.2 Å². The highest BCUT2D eigenvalue weighted by Gasteiger charge is 1.64. The fraction of sp³-hybridized carbons (Fsp3) is 1.00. The van der Waals surface area contributed by atoms with Crippen molar-refractivity contribution in [3.63, 3.8) is 0 Å². The van der Waals surface area contributed by atoms with Crippen molar-refractivity contribution in [3.05, 3.63) is 0 Å². The lowest BCUT2D eigenvalue weighted by atomic mass is 11.0. The van der Waals surface area contributed by atoms with Crippen LogP contribution in [0.5, 0.6) is 0 Å². The maximum absolute atomic E-state index is 7.97. The van der Waals surface area contributed by atoms with Crippen LogP contribution in [0.25, 0.3) is 0 Å². The Labute approximate surface area is 55.8 Å². The second kappa shape index (κ2) is 10.3. The number of hydrogen-bond acceptors (Lipinski definition) is 2. The van der Waals surface area contributed by atoms with E-state index in [1.165, 1.54) is 5.75 Å². The van der Waals surface area contributed by atoms with E-state index in [9.17, 15) is 0 Å². The monoisotopic (exact) mass is 138 g/mol. The van der Waals surface area contributed by atoms with Crippen molar-refractivity contribution >= 4 is 11.8 Å². The maximum atomic E-state index is 7.97. The molecule has 0 spiro atoms. The average Bonchev–Trinajstić information content (AvgIpc) is 1.65. The highest BCUT2D eigenvalue weighted by atomic mass is 32.2. The third-order valence-electron chi connectivity index (χ3n) is 0.289. The lowest BCUT2D eigenvalue weighted by molar-refractivity contribution is -1.06. The average molecular weight is 138 g/mol. The lowest BCUT2D eigenvalue weighted by Gasteiger charge is -1.84. The van der Waals surface area contributed by atoms with Gasteiger partial charge >= 0.3 is 0 Å². The van der Waals surface area contributed by atoms with Crippen molar-refractivity contribution in [3.8, 4) is 0 Å². The van der Waals surface area contributed by atoms with Crippen LogP contribution in [0.1, 0.15) is 6.92 Å². The number of nitrogens with one attached hydrogen (secondary N) is 1. The number of thioether (sulfide) groups is 1.